The van der Waals surface area contributed by atoms with Gasteiger partial charge in [-0.05, 0) is 26.7 Å². The molecule has 3 aliphatic rings. The van der Waals surface area contributed by atoms with Crippen LogP contribution < -0.4 is 5.82 Å². The SMILES string of the molecule is Cc1oc(=O)oc1COC(=O)C1=C([C@H]2CCCO2)S[C@@H]2[C@@H]([C@@H](C)O)C(=O)N12. The van der Waals surface area contributed by atoms with E-state index in [1.807, 2.05) is 0 Å². The van der Waals surface area contributed by atoms with E-state index in [1.165, 1.54) is 23.6 Å². The predicted octanol–water partition coefficient (Wildman–Crippen LogP) is 0.887. The van der Waals surface area contributed by atoms with Crippen LogP contribution in [0.4, 0.5) is 0 Å². The minimum atomic E-state index is -0.869. The van der Waals surface area contributed by atoms with Gasteiger partial charge in [-0.3, -0.25) is 9.69 Å². The van der Waals surface area contributed by atoms with E-state index < -0.39 is 23.8 Å². The molecule has 9 nitrogen and oxygen atoms in total. The van der Waals surface area contributed by atoms with Crippen LogP contribution >= 0.6 is 11.8 Å². The number of fused-ring (bicyclic) bond motifs is 1. The Bertz CT molecular complexity index is 863. The molecule has 2 fully saturated rings. The average Bonchev–Trinajstić information content (AvgIpc) is 3.29. The highest BCUT2D eigenvalue weighted by Gasteiger charge is 2.58. The van der Waals surface area contributed by atoms with Crippen LogP contribution in [0.25, 0.3) is 0 Å². The van der Waals surface area contributed by atoms with E-state index >= 15 is 0 Å². The van der Waals surface area contributed by atoms with Gasteiger partial charge in [-0.2, -0.15) is 0 Å². The van der Waals surface area contributed by atoms with Crippen molar-refractivity contribution in [2.24, 2.45) is 5.92 Å². The first kappa shape index (κ1) is 18.3. The Morgan fingerprint density at radius 1 is 1.41 bits per heavy atom. The molecule has 1 amide bonds. The second-order valence-electron chi connectivity index (χ2n) is 6.71. The molecule has 0 saturated carbocycles. The largest absolute Gasteiger partial charge is 0.519 e. The molecule has 10 heteroatoms. The summed E-state index contributed by atoms with van der Waals surface area (Å²) in [4.78, 5) is 38.4. The highest BCUT2D eigenvalue weighted by Crippen LogP contribution is 2.52. The number of ether oxygens (including phenoxy) is 2. The molecule has 0 aromatic carbocycles. The minimum absolute atomic E-state index is 0.117. The third-order valence-electron chi connectivity index (χ3n) is 4.91. The van der Waals surface area contributed by atoms with Crippen molar-refractivity contribution in [2.45, 2.75) is 50.9 Å². The molecule has 4 atom stereocenters. The topological polar surface area (TPSA) is 119 Å². The maximum atomic E-state index is 12.8. The molecule has 0 bridgehead atoms. The number of rotatable bonds is 5. The Balaban J connectivity index is 1.57. The van der Waals surface area contributed by atoms with Gasteiger partial charge in [0.15, 0.2) is 18.1 Å². The summed E-state index contributed by atoms with van der Waals surface area (Å²) in [5.41, 5.74) is 0.155. The summed E-state index contributed by atoms with van der Waals surface area (Å²) in [6.45, 7) is 3.40. The van der Waals surface area contributed by atoms with Crippen LogP contribution in [0.1, 0.15) is 31.3 Å². The first-order chi connectivity index (χ1) is 12.9. The lowest BCUT2D eigenvalue weighted by Crippen LogP contribution is -2.60. The fourth-order valence-electron chi connectivity index (χ4n) is 3.52. The zero-order chi connectivity index (χ0) is 19.3. The fraction of sp³-hybridized carbons (Fsp3) is 0.588. The van der Waals surface area contributed by atoms with Gasteiger partial charge in [0.25, 0.3) is 0 Å². The third kappa shape index (κ3) is 3.01. The van der Waals surface area contributed by atoms with Crippen LogP contribution in [0.3, 0.4) is 0 Å². The second-order valence-corrected chi connectivity index (χ2v) is 7.87. The van der Waals surface area contributed by atoms with Crippen LogP contribution in [0.5, 0.6) is 0 Å². The second kappa shape index (κ2) is 6.84. The summed E-state index contributed by atoms with van der Waals surface area (Å²) >= 11 is 1.37. The van der Waals surface area contributed by atoms with E-state index in [0.29, 0.717) is 11.5 Å². The molecule has 2 saturated heterocycles. The molecule has 27 heavy (non-hydrogen) atoms. The summed E-state index contributed by atoms with van der Waals surface area (Å²) in [6, 6.07) is 0. The van der Waals surface area contributed by atoms with Gasteiger partial charge in [0.05, 0.1) is 18.1 Å². The zero-order valence-electron chi connectivity index (χ0n) is 14.8. The molecule has 1 N–H and O–H groups in total. The molecule has 1 aromatic rings. The molecule has 3 aliphatic heterocycles. The van der Waals surface area contributed by atoms with Crippen molar-refractivity contribution in [2.75, 3.05) is 6.61 Å². The fourth-order valence-corrected chi connectivity index (χ4v) is 5.21. The Morgan fingerprint density at radius 2 is 2.19 bits per heavy atom. The maximum Gasteiger partial charge on any atom is 0.519 e. The summed E-state index contributed by atoms with van der Waals surface area (Å²) < 4.78 is 20.5. The summed E-state index contributed by atoms with van der Waals surface area (Å²) in [7, 11) is 0. The molecule has 146 valence electrons. The Morgan fingerprint density at radius 3 is 2.78 bits per heavy atom. The van der Waals surface area contributed by atoms with Crippen molar-refractivity contribution < 1.29 is 33.0 Å². The molecule has 0 unspecified atom stereocenters. The number of esters is 1. The number of amides is 1. The van der Waals surface area contributed by atoms with Crippen molar-refractivity contribution in [3.8, 4) is 0 Å². The molecule has 1 aromatic heterocycles. The highest BCUT2D eigenvalue weighted by atomic mass is 32.2. The van der Waals surface area contributed by atoms with Crippen LogP contribution in [0, 0.1) is 12.8 Å². The number of hydrogen-bond acceptors (Lipinski definition) is 9. The summed E-state index contributed by atoms with van der Waals surface area (Å²) in [5.74, 6) is -2.09. The smallest absolute Gasteiger partial charge is 0.453 e. The van der Waals surface area contributed by atoms with E-state index in [2.05, 4.69) is 0 Å². The van der Waals surface area contributed by atoms with Gasteiger partial charge >= 0.3 is 11.8 Å². The number of aryl methyl sites for hydroxylation is 1. The molecule has 0 radical (unpaired) electrons. The van der Waals surface area contributed by atoms with E-state index in [0.717, 1.165) is 12.8 Å². The lowest BCUT2D eigenvalue weighted by Gasteiger charge is -2.43. The van der Waals surface area contributed by atoms with Crippen LogP contribution in [-0.4, -0.2) is 46.1 Å². The van der Waals surface area contributed by atoms with Crippen molar-refractivity contribution in [1.29, 1.82) is 0 Å². The molecular weight excluding hydrogens is 378 g/mol. The minimum Gasteiger partial charge on any atom is -0.453 e. The Kier molecular flexibility index (Phi) is 4.65. The Labute approximate surface area is 158 Å². The monoisotopic (exact) mass is 397 g/mol. The number of hydrogen-bond donors (Lipinski definition) is 1. The first-order valence-corrected chi connectivity index (χ1v) is 9.56. The molecule has 0 aliphatic carbocycles. The molecule has 4 rings (SSSR count). The number of aliphatic hydroxyl groups excluding tert-OH is 1. The predicted molar refractivity (Wildman–Crippen MR) is 91.2 cm³/mol. The van der Waals surface area contributed by atoms with Gasteiger partial charge in [-0.1, -0.05) is 11.8 Å². The van der Waals surface area contributed by atoms with Crippen molar-refractivity contribution >= 4 is 23.6 Å². The lowest BCUT2D eigenvalue weighted by atomic mass is 9.92. The number of carbonyl (C=O) groups excluding carboxylic acids is 2. The number of β-lactam (4-membered cyclic amide) rings is 1. The van der Waals surface area contributed by atoms with Crippen LogP contribution in [-0.2, 0) is 25.7 Å². The van der Waals surface area contributed by atoms with Gasteiger partial charge in [0.1, 0.15) is 11.1 Å². The normalized spacial score (nSPS) is 28.3. The van der Waals surface area contributed by atoms with Crippen molar-refractivity contribution in [3.63, 3.8) is 0 Å². The lowest BCUT2D eigenvalue weighted by molar-refractivity contribution is -0.158. The number of carbonyl (C=O) groups is 2. The van der Waals surface area contributed by atoms with E-state index in [-0.39, 0.29) is 41.2 Å². The number of aliphatic hydroxyl groups is 1. The Hall–Kier alpha value is -2.04. The molecule has 0 spiro atoms. The van der Waals surface area contributed by atoms with Gasteiger partial charge in [0, 0.05) is 11.5 Å². The van der Waals surface area contributed by atoms with Crippen molar-refractivity contribution in [3.05, 3.63) is 32.7 Å². The number of thioether (sulfide) groups is 1. The maximum absolute atomic E-state index is 12.8. The van der Waals surface area contributed by atoms with E-state index in [1.54, 1.807) is 6.92 Å². The number of nitrogens with zero attached hydrogens (tertiary/aromatic N) is 1. The van der Waals surface area contributed by atoms with Gasteiger partial charge < -0.3 is 23.4 Å². The van der Waals surface area contributed by atoms with Gasteiger partial charge in [-0.25, -0.2) is 9.59 Å². The first-order valence-electron chi connectivity index (χ1n) is 8.68. The summed E-state index contributed by atoms with van der Waals surface area (Å²) in [5, 5.41) is 9.53. The van der Waals surface area contributed by atoms with E-state index in [9.17, 15) is 19.5 Å². The van der Waals surface area contributed by atoms with Gasteiger partial charge in [0.2, 0.25) is 5.91 Å². The van der Waals surface area contributed by atoms with Gasteiger partial charge in [-0.15, -0.1) is 0 Å². The van der Waals surface area contributed by atoms with Crippen LogP contribution in [0.15, 0.2) is 24.2 Å². The molecule has 4 heterocycles. The quantitative estimate of drug-likeness (QED) is 0.570. The third-order valence-corrected chi connectivity index (χ3v) is 6.37. The zero-order valence-corrected chi connectivity index (χ0v) is 15.6. The van der Waals surface area contributed by atoms with E-state index in [4.69, 9.17) is 18.3 Å². The average molecular weight is 397 g/mol. The molecular formula is C17H19NO8S. The van der Waals surface area contributed by atoms with Crippen LogP contribution in [0.2, 0.25) is 0 Å². The summed E-state index contributed by atoms with van der Waals surface area (Å²) in [6.07, 6.45) is 0.548. The standard InChI is InChI=1S/C17H19NO8S/c1-7(19)11-14(20)18-12(13(27-15(11)18)9-4-3-5-23-9)16(21)24-6-10-8(2)25-17(22)26-10/h7,9,11,15,19H,3-6H2,1-2H3/t7-,9-,11+,15-/m1/s1. The highest BCUT2D eigenvalue weighted by molar-refractivity contribution is 8.04. The van der Waals surface area contributed by atoms with Crippen molar-refractivity contribution in [1.82, 2.24) is 4.90 Å².